The van der Waals surface area contributed by atoms with Crippen LogP contribution in [0.4, 0.5) is 102 Å². The zero-order chi connectivity index (χ0) is 93.6. The van der Waals surface area contributed by atoms with Crippen LogP contribution in [0.2, 0.25) is 0 Å². The van der Waals surface area contributed by atoms with E-state index in [9.17, 15) is 5.11 Å². The summed E-state index contributed by atoms with van der Waals surface area (Å²) in [6.07, 6.45) is 0. The average Bonchev–Trinajstić information content (AvgIpc) is 1.59. The van der Waals surface area contributed by atoms with Gasteiger partial charge in [-0.05, 0) is 237 Å². The molecule has 0 radical (unpaired) electrons. The first-order chi connectivity index (χ1) is 68.7. The summed E-state index contributed by atoms with van der Waals surface area (Å²) in [5.74, 6) is 2.94. The van der Waals surface area contributed by atoms with Crippen molar-refractivity contribution >= 4 is 178 Å². The van der Waals surface area contributed by atoms with Crippen molar-refractivity contribution in [3.63, 3.8) is 0 Å². The van der Waals surface area contributed by atoms with Gasteiger partial charge in [0.2, 0.25) is 0 Å². The Morgan fingerprint density at radius 1 is 0.158 bits per heavy atom. The molecule has 0 atom stereocenters. The Morgan fingerprint density at radius 2 is 0.331 bits per heavy atom. The quantitative estimate of drug-likeness (QED) is 0.0637. The molecule has 23 aromatic rings. The first-order valence-electron chi connectivity index (χ1n) is 46.2. The molecule has 0 bridgehead atoms. The van der Waals surface area contributed by atoms with Gasteiger partial charge in [-0.25, -0.2) is 0 Å². The van der Waals surface area contributed by atoms with E-state index in [1.165, 1.54) is 27.5 Å². The number of anilines is 18. The summed E-state index contributed by atoms with van der Waals surface area (Å²) in [6.45, 7) is 0. The second-order valence-corrected chi connectivity index (χ2v) is 35.2. The van der Waals surface area contributed by atoms with Gasteiger partial charge in [0.25, 0.3) is 0 Å². The van der Waals surface area contributed by atoms with Crippen molar-refractivity contribution in [3.8, 4) is 40.1 Å². The Hall–Kier alpha value is -17.6. The van der Waals surface area contributed by atoms with E-state index in [1.54, 1.807) is 12.1 Å². The summed E-state index contributed by atoms with van der Waals surface area (Å²) in [5.41, 5.74) is 24.4. The number of hydrogen-bond donors (Lipinski definition) is 1. The molecule has 0 spiro atoms. The zero-order valence-electron chi connectivity index (χ0n) is 75.6. The minimum atomic E-state index is 0.205. The summed E-state index contributed by atoms with van der Waals surface area (Å²) in [4.78, 5) is 13.4. The monoisotopic (exact) mass is 1920 g/mol. The molecule has 0 aliphatic rings. The van der Waals surface area contributed by atoms with Crippen molar-refractivity contribution in [3.05, 3.63) is 561 Å². The second kappa shape index (κ2) is 41.1. The van der Waals surface area contributed by atoms with Gasteiger partial charge in [0.05, 0.1) is 56.2 Å². The van der Waals surface area contributed by atoms with Crippen molar-refractivity contribution < 1.29 is 14.6 Å². The van der Waals surface area contributed by atoms with E-state index in [0.29, 0.717) is 23.0 Å². The fraction of sp³-hybridized carbons (Fsp3) is 0. The van der Waals surface area contributed by atoms with Crippen LogP contribution < -0.4 is 38.9 Å². The maximum absolute atomic E-state index is 10.8. The van der Waals surface area contributed by atoms with Crippen molar-refractivity contribution in [2.45, 2.75) is 0 Å². The number of aromatic hydroxyl groups is 1. The van der Waals surface area contributed by atoms with Gasteiger partial charge in [0.15, 0.2) is 0 Å². The lowest BCUT2D eigenvalue weighted by Gasteiger charge is -2.30. The van der Waals surface area contributed by atoms with E-state index in [1.807, 2.05) is 78.9 Å². The maximum atomic E-state index is 10.8. The lowest BCUT2D eigenvalue weighted by Crippen LogP contribution is -2.13. The first-order valence-corrected chi connectivity index (χ1v) is 47.8. The summed E-state index contributed by atoms with van der Waals surface area (Å²) in [5, 5.41) is 15.5. The molecule has 13 heteroatoms. The third kappa shape index (κ3) is 19.5. The molecule has 668 valence electrons. The number of aromatic nitrogens is 2. The van der Waals surface area contributed by atoms with Gasteiger partial charge in [0, 0.05) is 159 Å². The number of halogens is 2. The van der Waals surface area contributed by atoms with Gasteiger partial charge in [-0.15, -0.1) is 0 Å². The molecular formula is C126H92Br2N8O3. The second-order valence-electron chi connectivity index (χ2n) is 33.3. The molecule has 0 saturated carbocycles. The number of phenolic OH excluding ortho intramolecular Hbond substituents is 1. The molecule has 0 fully saturated rings. The predicted molar refractivity (Wildman–Crippen MR) is 586 cm³/mol. The van der Waals surface area contributed by atoms with E-state index in [0.717, 1.165) is 139 Å². The van der Waals surface area contributed by atoms with Gasteiger partial charge < -0.3 is 53.1 Å². The highest BCUT2D eigenvalue weighted by molar-refractivity contribution is 9.10. The number of phenols is 1. The number of nitrogens with zero attached hydrogens (tertiary/aromatic N) is 8. The Labute approximate surface area is 825 Å². The molecule has 11 nitrogen and oxygen atoms in total. The lowest BCUT2D eigenvalue weighted by atomic mass is 10.1. The van der Waals surface area contributed by atoms with Crippen molar-refractivity contribution in [1.29, 1.82) is 0 Å². The smallest absolute Gasteiger partial charge is 0.131 e. The highest BCUT2D eigenvalue weighted by Gasteiger charge is 2.26. The lowest BCUT2D eigenvalue weighted by molar-refractivity contribution is 0.475. The maximum Gasteiger partial charge on any atom is 0.131 e. The Balaban J connectivity index is 0.000000171. The molecule has 139 heavy (non-hydrogen) atoms. The fourth-order valence-corrected chi connectivity index (χ4v) is 19.0. The number of fused-ring (bicyclic) bond motifs is 6. The average molecular weight is 1930 g/mol. The summed E-state index contributed by atoms with van der Waals surface area (Å²) in [7, 11) is 0. The molecule has 1 N–H and O–H groups in total. The Kier molecular flexibility index (Phi) is 26.0. The number of rotatable bonds is 24. The van der Waals surface area contributed by atoms with E-state index in [4.69, 9.17) is 9.47 Å². The molecule has 0 aliphatic carbocycles. The van der Waals surface area contributed by atoms with Crippen LogP contribution in [0.3, 0.4) is 0 Å². The first kappa shape index (κ1) is 88.0. The van der Waals surface area contributed by atoms with Crippen molar-refractivity contribution in [2.75, 3.05) is 29.4 Å². The predicted octanol–water partition coefficient (Wildman–Crippen LogP) is 36.9. The highest BCUT2D eigenvalue weighted by Crippen LogP contribution is 2.50. The summed E-state index contributed by atoms with van der Waals surface area (Å²) >= 11 is 7.18. The number of benzene rings is 21. The Morgan fingerprint density at radius 3 is 0.532 bits per heavy atom. The van der Waals surface area contributed by atoms with E-state index in [-0.39, 0.29) is 5.75 Å². The molecule has 2 heterocycles. The molecule has 0 aliphatic heterocycles. The molecular weight excluding hydrogens is 1830 g/mol. The molecule has 21 aromatic carbocycles. The fourth-order valence-electron chi connectivity index (χ4n) is 18.3. The molecule has 2 aromatic heterocycles. The SMILES string of the molecule is Brc1ccc2c3ccc(Br)cc3n(-c3ccccc3)c2c1.Oc1cc(N(c2ccccc2)c2ccccc2)cc(N(c2ccccc2)c2ccccc2)c1.c1ccc(N(c2ccccc2)c2cc(Oc3ccc4c5ccc(Oc6cc(N(c7ccccc7)c7ccccc7)cc(N(c7ccccc7)c7ccccc7)c6)cc5n(-c5ccccc5)c4c3)cc(N(c3ccccc3)c3ccccc3)c2)cc1. The topological polar surface area (TPSA) is 68.0 Å². The molecule has 0 amide bonds. The Bertz CT molecular complexity index is 7210. The van der Waals surface area contributed by atoms with Crippen LogP contribution in [0.5, 0.6) is 28.7 Å². The molecule has 0 unspecified atom stereocenters. The number of para-hydroxylation sites is 14. The van der Waals surface area contributed by atoms with Crippen molar-refractivity contribution in [1.82, 2.24) is 9.13 Å². The zero-order valence-corrected chi connectivity index (χ0v) is 78.8. The van der Waals surface area contributed by atoms with Crippen LogP contribution in [0.1, 0.15) is 0 Å². The minimum Gasteiger partial charge on any atom is -0.508 e. The normalized spacial score (nSPS) is 11.0. The third-order valence-corrected chi connectivity index (χ3v) is 25.2. The van der Waals surface area contributed by atoms with E-state index < -0.39 is 0 Å². The van der Waals surface area contributed by atoms with Gasteiger partial charge in [0.1, 0.15) is 28.7 Å². The van der Waals surface area contributed by atoms with Gasteiger partial charge in [-0.3, -0.25) is 0 Å². The largest absolute Gasteiger partial charge is 0.508 e. The minimum absolute atomic E-state index is 0.205. The third-order valence-electron chi connectivity index (χ3n) is 24.3. The van der Waals surface area contributed by atoms with Crippen molar-refractivity contribution in [2.24, 2.45) is 0 Å². The van der Waals surface area contributed by atoms with Gasteiger partial charge in [-0.1, -0.05) is 299 Å². The van der Waals surface area contributed by atoms with Crippen LogP contribution >= 0.6 is 31.9 Å². The van der Waals surface area contributed by atoms with Gasteiger partial charge in [-0.2, -0.15) is 0 Å². The van der Waals surface area contributed by atoms with Gasteiger partial charge >= 0.3 is 0 Å². The van der Waals surface area contributed by atoms with E-state index >= 15 is 0 Å². The van der Waals surface area contributed by atoms with Crippen LogP contribution in [0, 0.1) is 0 Å². The molecule has 0 saturated heterocycles. The highest BCUT2D eigenvalue weighted by atomic mass is 79.9. The van der Waals surface area contributed by atoms with Crippen LogP contribution in [0.15, 0.2) is 561 Å². The summed E-state index contributed by atoms with van der Waals surface area (Å²) in [6, 6.07) is 190. The van der Waals surface area contributed by atoms with Crippen LogP contribution in [-0.2, 0) is 0 Å². The van der Waals surface area contributed by atoms with Crippen LogP contribution in [-0.4, -0.2) is 14.2 Å². The van der Waals surface area contributed by atoms with E-state index in [2.05, 4.69) is 531 Å². The summed E-state index contributed by atoms with van der Waals surface area (Å²) < 4.78 is 21.2. The number of ether oxygens (including phenoxy) is 2. The number of hydrogen-bond acceptors (Lipinski definition) is 9. The standard InChI is InChI=1S/C78H57N5O2.C30H24N2O.C18H11Br2N/c1-10-28-58(29-11-1)79(59-30-12-2-13-31-59)67-50-68(80(60-32-14-3-15-33-60)61-34-16-4-17-35-61)53-73(52-67)84-71-46-48-75-76-49-47-72(57-78(76)83(77(75)56-71)66-44-26-9-27-45-66)85-74-54-69(81(62-36-18-5-19-37-62)63-38-20-6-21-39-63)51-70(55-74)82(64-40-22-7-23-41-64)65-42-24-8-25-43-65;33-30-22-28(31(24-13-5-1-6-14-24)25-15-7-2-8-16-25)21-29(23-30)32(26-17-9-3-10-18-26)27-19-11-4-12-20-27;19-12-6-8-15-16-9-7-13(20)11-18(16)21(17(15)10-12)14-4-2-1-3-5-14/h1-57H;1-23,33H;1-11H. The molecule has 23 rings (SSSR count). The van der Waals surface area contributed by atoms with Crippen LogP contribution in [0.25, 0.3) is 55.0 Å².